The van der Waals surface area contributed by atoms with E-state index >= 15 is 0 Å². The summed E-state index contributed by atoms with van der Waals surface area (Å²) >= 11 is 0. The Labute approximate surface area is 199 Å². The second kappa shape index (κ2) is 8.32. The molecule has 1 aromatic carbocycles. The Balaban J connectivity index is 1.28. The van der Waals surface area contributed by atoms with E-state index in [9.17, 15) is 9.59 Å². The summed E-state index contributed by atoms with van der Waals surface area (Å²) in [6.45, 7) is 7.21. The van der Waals surface area contributed by atoms with Gasteiger partial charge in [-0.1, -0.05) is 32.0 Å². The van der Waals surface area contributed by atoms with Crippen LogP contribution >= 0.6 is 0 Å². The van der Waals surface area contributed by atoms with Crippen LogP contribution in [0.4, 0.5) is 10.5 Å². The Hall–Kier alpha value is -2.04. The van der Waals surface area contributed by atoms with Gasteiger partial charge in [0.1, 0.15) is 0 Å². The van der Waals surface area contributed by atoms with Crippen LogP contribution in [0, 0.1) is 34.5 Å². The zero-order valence-corrected chi connectivity index (χ0v) is 20.8. The van der Waals surface area contributed by atoms with Crippen molar-refractivity contribution in [3.63, 3.8) is 0 Å². The summed E-state index contributed by atoms with van der Waals surface area (Å²) in [4.78, 5) is 27.2. The van der Waals surface area contributed by atoms with Crippen LogP contribution in [0.15, 0.2) is 30.3 Å². The number of urea groups is 1. The smallest absolute Gasteiger partial charge is 0.319 e. The van der Waals surface area contributed by atoms with Gasteiger partial charge in [-0.05, 0) is 98.5 Å². The fraction of sp³-hybridized carbons (Fsp3) is 0.714. The molecule has 5 rings (SSSR count). The van der Waals surface area contributed by atoms with E-state index in [0.29, 0.717) is 23.3 Å². The van der Waals surface area contributed by atoms with E-state index in [1.165, 1.54) is 32.1 Å². The Morgan fingerprint density at radius 2 is 1.73 bits per heavy atom. The molecule has 3 aliphatic carbocycles. The maximum atomic E-state index is 12.7. The number of likely N-dealkylation sites (tertiary alicyclic amines) is 1. The van der Waals surface area contributed by atoms with E-state index in [4.69, 9.17) is 0 Å². The molecule has 5 heteroatoms. The number of fused-ring (bicyclic) bond motifs is 5. The maximum absolute atomic E-state index is 12.7. The zero-order valence-electron chi connectivity index (χ0n) is 20.8. The molecule has 1 saturated heterocycles. The first-order valence-corrected chi connectivity index (χ1v) is 13.1. The van der Waals surface area contributed by atoms with E-state index in [1.807, 2.05) is 37.4 Å². The third kappa shape index (κ3) is 3.66. The molecule has 180 valence electrons. The Bertz CT molecular complexity index is 904. The van der Waals surface area contributed by atoms with Gasteiger partial charge < -0.3 is 15.5 Å². The summed E-state index contributed by atoms with van der Waals surface area (Å²) in [5, 5.41) is 6.26. The van der Waals surface area contributed by atoms with Gasteiger partial charge in [0.15, 0.2) is 0 Å². The third-order valence-electron chi connectivity index (χ3n) is 10.6. The zero-order chi connectivity index (χ0) is 23.4. The van der Waals surface area contributed by atoms with Crippen LogP contribution in [0.2, 0.25) is 0 Å². The molecule has 1 aliphatic heterocycles. The van der Waals surface area contributed by atoms with Gasteiger partial charge in [-0.3, -0.25) is 4.79 Å². The number of nitrogens with zero attached hydrogens (tertiary/aromatic N) is 1. The minimum absolute atomic E-state index is 0.0997. The molecule has 8 atom stereocenters. The number of carbonyl (C=O) groups is 2. The number of para-hydroxylation sites is 1. The molecular formula is C28H41N3O2. The summed E-state index contributed by atoms with van der Waals surface area (Å²) < 4.78 is 0. The number of benzene rings is 1. The second-order valence-corrected chi connectivity index (χ2v) is 12.0. The second-order valence-electron chi connectivity index (χ2n) is 12.0. The van der Waals surface area contributed by atoms with Crippen LogP contribution < -0.4 is 10.6 Å². The summed E-state index contributed by atoms with van der Waals surface area (Å²) in [6.07, 6.45) is 9.19. The minimum Gasteiger partial charge on any atom is -0.342 e. The van der Waals surface area contributed by atoms with Gasteiger partial charge in [0.05, 0.1) is 0 Å². The first-order chi connectivity index (χ1) is 15.7. The van der Waals surface area contributed by atoms with Crippen molar-refractivity contribution in [1.29, 1.82) is 0 Å². The number of rotatable bonds is 3. The topological polar surface area (TPSA) is 61.4 Å². The van der Waals surface area contributed by atoms with Crippen molar-refractivity contribution in [2.75, 3.05) is 12.4 Å². The average molecular weight is 452 g/mol. The lowest BCUT2D eigenvalue weighted by Gasteiger charge is -2.62. The maximum Gasteiger partial charge on any atom is 0.319 e. The average Bonchev–Trinajstić information content (AvgIpc) is 3.14. The number of anilines is 1. The highest BCUT2D eigenvalue weighted by atomic mass is 16.2. The van der Waals surface area contributed by atoms with Gasteiger partial charge >= 0.3 is 6.03 Å². The summed E-state index contributed by atoms with van der Waals surface area (Å²) in [5.74, 6) is 3.09. The molecule has 4 aliphatic rings. The first kappa shape index (κ1) is 22.7. The number of piperidine rings is 1. The Morgan fingerprint density at radius 3 is 2.48 bits per heavy atom. The molecule has 33 heavy (non-hydrogen) atoms. The number of hydrogen-bond donors (Lipinski definition) is 2. The summed E-state index contributed by atoms with van der Waals surface area (Å²) in [7, 11) is 2.04. The van der Waals surface area contributed by atoms with E-state index in [1.54, 1.807) is 0 Å². The lowest BCUT2D eigenvalue weighted by molar-refractivity contribution is -0.158. The van der Waals surface area contributed by atoms with E-state index in [2.05, 4.69) is 36.3 Å². The molecule has 0 aromatic heterocycles. The molecule has 2 N–H and O–H groups in total. The number of hydrogen-bond acceptors (Lipinski definition) is 2. The van der Waals surface area contributed by atoms with Crippen molar-refractivity contribution in [3.05, 3.63) is 30.3 Å². The number of amides is 3. The highest BCUT2D eigenvalue weighted by Gasteiger charge is 2.61. The minimum atomic E-state index is -0.0997. The van der Waals surface area contributed by atoms with Gasteiger partial charge in [0.2, 0.25) is 5.91 Å². The SMILES string of the molecule is CC(NC(=O)Nc1ccccc1)[C@H]1CC[C@H]2[C@@H]3CC[C@H]4N(C)C(=O)CC[C@]4(C)[C@H]3CC[C@]12C. The fourth-order valence-corrected chi connectivity index (χ4v) is 9.01. The van der Waals surface area contributed by atoms with Crippen LogP contribution in [-0.4, -0.2) is 36.0 Å². The molecule has 5 nitrogen and oxygen atoms in total. The van der Waals surface area contributed by atoms with Crippen LogP contribution in [0.5, 0.6) is 0 Å². The molecule has 3 saturated carbocycles. The van der Waals surface area contributed by atoms with Gasteiger partial charge in [-0.2, -0.15) is 0 Å². The quantitative estimate of drug-likeness (QED) is 0.621. The normalized spacial score (nSPS) is 40.9. The summed E-state index contributed by atoms with van der Waals surface area (Å²) in [6, 6.07) is 10.2. The lowest BCUT2D eigenvalue weighted by Crippen LogP contribution is -2.61. The van der Waals surface area contributed by atoms with Crippen LogP contribution in [-0.2, 0) is 4.79 Å². The van der Waals surface area contributed by atoms with Crippen LogP contribution in [0.25, 0.3) is 0 Å². The standard InChI is InChI=1S/C28H41N3O2/c1-18(29-26(33)30-19-8-6-5-7-9-19)21-11-12-22-20-10-13-24-28(3,17-15-25(32)31(24)4)23(20)14-16-27(21,22)2/h5-9,18,20-24H,10-17H2,1-4H3,(H2,29,30,33)/t18?,20-,21+,22-,23-,24+,27+,28+/m0/s1. The van der Waals surface area contributed by atoms with E-state index in [0.717, 1.165) is 42.7 Å². The van der Waals surface area contributed by atoms with E-state index in [-0.39, 0.29) is 17.5 Å². The van der Waals surface area contributed by atoms with Crippen molar-refractivity contribution < 1.29 is 9.59 Å². The van der Waals surface area contributed by atoms with E-state index < -0.39 is 0 Å². The molecule has 1 heterocycles. The van der Waals surface area contributed by atoms with Gasteiger partial charge in [0, 0.05) is 31.2 Å². The molecular weight excluding hydrogens is 410 g/mol. The monoisotopic (exact) mass is 451 g/mol. The van der Waals surface area contributed by atoms with Crippen LogP contribution in [0.1, 0.15) is 72.1 Å². The van der Waals surface area contributed by atoms with Gasteiger partial charge in [0.25, 0.3) is 0 Å². The Morgan fingerprint density at radius 1 is 1.00 bits per heavy atom. The molecule has 1 aromatic rings. The molecule has 0 radical (unpaired) electrons. The van der Waals surface area contributed by atoms with Gasteiger partial charge in [-0.25, -0.2) is 4.79 Å². The molecule has 3 amide bonds. The molecule has 0 spiro atoms. The number of carbonyl (C=O) groups excluding carboxylic acids is 2. The lowest BCUT2D eigenvalue weighted by atomic mass is 9.46. The predicted molar refractivity (Wildman–Crippen MR) is 132 cm³/mol. The highest BCUT2D eigenvalue weighted by Crippen LogP contribution is 2.66. The first-order valence-electron chi connectivity index (χ1n) is 13.1. The predicted octanol–water partition coefficient (Wildman–Crippen LogP) is 5.68. The molecule has 0 bridgehead atoms. The van der Waals surface area contributed by atoms with Crippen molar-refractivity contribution in [2.24, 2.45) is 34.5 Å². The largest absolute Gasteiger partial charge is 0.342 e. The number of nitrogens with one attached hydrogen (secondary N) is 2. The summed E-state index contributed by atoms with van der Waals surface area (Å²) in [5.41, 5.74) is 1.39. The molecule has 4 fully saturated rings. The van der Waals surface area contributed by atoms with Crippen molar-refractivity contribution in [2.45, 2.75) is 84.2 Å². The van der Waals surface area contributed by atoms with Crippen molar-refractivity contribution >= 4 is 17.6 Å². The highest BCUT2D eigenvalue weighted by molar-refractivity contribution is 5.89. The van der Waals surface area contributed by atoms with Gasteiger partial charge in [-0.15, -0.1) is 0 Å². The molecule has 1 unspecified atom stereocenters. The van der Waals surface area contributed by atoms with Crippen LogP contribution in [0.3, 0.4) is 0 Å². The van der Waals surface area contributed by atoms with Crippen molar-refractivity contribution in [3.8, 4) is 0 Å². The third-order valence-corrected chi connectivity index (χ3v) is 10.6. The van der Waals surface area contributed by atoms with Crippen molar-refractivity contribution in [1.82, 2.24) is 10.2 Å². The fourth-order valence-electron chi connectivity index (χ4n) is 9.01. The Kier molecular flexibility index (Phi) is 5.73.